The molecular weight excluding hydrogens is 422 g/mol. The highest BCUT2D eigenvalue weighted by Crippen LogP contribution is 2.19. The fourth-order valence-electron chi connectivity index (χ4n) is 2.12. The summed E-state index contributed by atoms with van der Waals surface area (Å²) in [7, 11) is 1.67. The van der Waals surface area contributed by atoms with Gasteiger partial charge in [-0.2, -0.15) is 5.10 Å². The van der Waals surface area contributed by atoms with Crippen molar-refractivity contribution in [3.63, 3.8) is 0 Å². The zero-order valence-corrected chi connectivity index (χ0v) is 16.8. The number of ether oxygens (including phenoxy) is 1. The van der Waals surface area contributed by atoms with Crippen LogP contribution in [0.3, 0.4) is 0 Å². The van der Waals surface area contributed by atoms with E-state index in [1.54, 1.807) is 45.2 Å². The molecule has 26 heavy (non-hydrogen) atoms. The number of benzene rings is 1. The number of hydrogen-bond donors (Lipinski definition) is 3. The van der Waals surface area contributed by atoms with E-state index >= 15 is 0 Å². The number of rotatable bonds is 4. The Morgan fingerprint density at radius 3 is 2.46 bits per heavy atom. The average Bonchev–Trinajstić information content (AvgIpc) is 2.86. The maximum atomic E-state index is 12.2. The van der Waals surface area contributed by atoms with Gasteiger partial charge < -0.3 is 10.1 Å². The van der Waals surface area contributed by atoms with Gasteiger partial charge in [-0.05, 0) is 66.3 Å². The summed E-state index contributed by atoms with van der Waals surface area (Å²) >= 11 is 8.47. The first-order chi connectivity index (χ1) is 12.3. The van der Waals surface area contributed by atoms with Gasteiger partial charge in [-0.3, -0.25) is 20.3 Å². The Morgan fingerprint density at radius 1 is 1.27 bits per heavy atom. The van der Waals surface area contributed by atoms with Gasteiger partial charge in [-0.15, -0.1) is 0 Å². The summed E-state index contributed by atoms with van der Waals surface area (Å²) in [5.41, 5.74) is 7.30. The number of hydrogen-bond acceptors (Lipinski definition) is 5. The molecule has 2 rings (SSSR count). The maximum absolute atomic E-state index is 12.2. The van der Waals surface area contributed by atoms with E-state index < -0.39 is 0 Å². The molecule has 0 radical (unpaired) electrons. The van der Waals surface area contributed by atoms with Crippen LogP contribution >= 0.6 is 28.1 Å². The number of anilines is 1. The number of carbonyl (C=O) groups is 2. The topological polar surface area (TPSA) is 97.3 Å². The standard InChI is InChI=1S/C16H18BrN5O3S/c1-4-25-15(24)10-5-7-11(8-6-10)18-16(26)20-19-14(23)13-12(17)9(2)21-22(13)3/h5-8H,4H2,1-3H3,(H,19,23)(H2,18,20,26). The molecular formula is C16H18BrN5O3S. The van der Waals surface area contributed by atoms with Crippen LogP contribution in [0.15, 0.2) is 28.7 Å². The van der Waals surface area contributed by atoms with Crippen LogP contribution in [-0.4, -0.2) is 33.4 Å². The Balaban J connectivity index is 1.90. The summed E-state index contributed by atoms with van der Waals surface area (Å²) in [5.74, 6) is -0.772. The smallest absolute Gasteiger partial charge is 0.338 e. The number of halogens is 1. The average molecular weight is 440 g/mol. The first-order valence-electron chi connectivity index (χ1n) is 7.67. The fourth-order valence-corrected chi connectivity index (χ4v) is 2.80. The number of aryl methyl sites for hydroxylation is 2. The highest BCUT2D eigenvalue weighted by molar-refractivity contribution is 9.10. The van der Waals surface area contributed by atoms with Crippen LogP contribution in [0.1, 0.15) is 33.5 Å². The zero-order valence-electron chi connectivity index (χ0n) is 14.4. The van der Waals surface area contributed by atoms with Crippen LogP contribution in [0.4, 0.5) is 5.69 Å². The van der Waals surface area contributed by atoms with E-state index in [4.69, 9.17) is 17.0 Å². The Morgan fingerprint density at radius 2 is 1.92 bits per heavy atom. The van der Waals surface area contributed by atoms with Crippen LogP contribution in [0.5, 0.6) is 0 Å². The normalized spacial score (nSPS) is 10.2. The molecule has 0 aliphatic carbocycles. The first-order valence-corrected chi connectivity index (χ1v) is 8.87. The summed E-state index contributed by atoms with van der Waals surface area (Å²) in [6.45, 7) is 3.86. The van der Waals surface area contributed by atoms with Crippen LogP contribution in [-0.2, 0) is 11.8 Å². The van der Waals surface area contributed by atoms with Gasteiger partial charge in [0.1, 0.15) is 5.69 Å². The molecule has 0 atom stereocenters. The van der Waals surface area contributed by atoms with Crippen molar-refractivity contribution in [1.29, 1.82) is 0 Å². The molecule has 0 saturated carbocycles. The second kappa shape index (κ2) is 8.77. The molecule has 0 aliphatic heterocycles. The van der Waals surface area contributed by atoms with Gasteiger partial charge in [0.15, 0.2) is 5.11 Å². The third-order valence-electron chi connectivity index (χ3n) is 3.31. The SMILES string of the molecule is CCOC(=O)c1ccc(NC(=S)NNC(=O)c2c(Br)c(C)nn2C)cc1. The van der Waals surface area contributed by atoms with E-state index in [1.807, 2.05) is 0 Å². The van der Waals surface area contributed by atoms with Gasteiger partial charge in [-0.1, -0.05) is 0 Å². The number of nitrogens with zero attached hydrogens (tertiary/aromatic N) is 2. The Labute approximate surface area is 164 Å². The van der Waals surface area contributed by atoms with Crippen LogP contribution in [0, 0.1) is 6.92 Å². The number of nitrogens with one attached hydrogen (secondary N) is 3. The molecule has 0 aliphatic rings. The second-order valence-electron chi connectivity index (χ2n) is 5.20. The minimum Gasteiger partial charge on any atom is -0.462 e. The summed E-state index contributed by atoms with van der Waals surface area (Å²) < 4.78 is 7.01. The van der Waals surface area contributed by atoms with Crippen molar-refractivity contribution >= 4 is 50.8 Å². The summed E-state index contributed by atoms with van der Waals surface area (Å²) in [5, 5.41) is 7.25. The second-order valence-corrected chi connectivity index (χ2v) is 6.40. The molecule has 10 heteroatoms. The van der Waals surface area contributed by atoms with Crippen molar-refractivity contribution in [2.45, 2.75) is 13.8 Å². The predicted molar refractivity (Wildman–Crippen MR) is 105 cm³/mol. The van der Waals surface area contributed by atoms with Gasteiger partial charge in [-0.25, -0.2) is 4.79 Å². The van der Waals surface area contributed by atoms with Crippen LogP contribution < -0.4 is 16.2 Å². The van der Waals surface area contributed by atoms with E-state index in [0.717, 1.165) is 0 Å². The molecule has 0 fully saturated rings. The van der Waals surface area contributed by atoms with Crippen molar-refractivity contribution in [2.24, 2.45) is 7.05 Å². The van der Waals surface area contributed by atoms with Crippen molar-refractivity contribution in [1.82, 2.24) is 20.6 Å². The van der Waals surface area contributed by atoms with Gasteiger partial charge >= 0.3 is 5.97 Å². The molecule has 0 saturated heterocycles. The molecule has 8 nitrogen and oxygen atoms in total. The van der Waals surface area contributed by atoms with E-state index in [0.29, 0.717) is 33.7 Å². The molecule has 2 aromatic rings. The highest BCUT2D eigenvalue weighted by atomic mass is 79.9. The summed E-state index contributed by atoms with van der Waals surface area (Å²) in [6.07, 6.45) is 0. The summed E-state index contributed by atoms with van der Waals surface area (Å²) in [4.78, 5) is 23.8. The molecule has 0 unspecified atom stereocenters. The molecule has 1 heterocycles. The molecule has 1 amide bonds. The monoisotopic (exact) mass is 439 g/mol. The van der Waals surface area contributed by atoms with E-state index in [1.165, 1.54) is 4.68 Å². The van der Waals surface area contributed by atoms with Crippen molar-refractivity contribution in [3.05, 3.63) is 45.7 Å². The number of aromatic nitrogens is 2. The first kappa shape index (κ1) is 19.9. The Kier molecular flexibility index (Phi) is 6.70. The van der Waals surface area contributed by atoms with Crippen LogP contribution in [0.25, 0.3) is 0 Å². The lowest BCUT2D eigenvalue weighted by molar-refractivity contribution is 0.0526. The van der Waals surface area contributed by atoms with Gasteiger partial charge in [0.25, 0.3) is 5.91 Å². The minimum atomic E-state index is -0.387. The number of hydrazine groups is 1. The quantitative estimate of drug-likeness (QED) is 0.381. The number of amides is 1. The fraction of sp³-hybridized carbons (Fsp3) is 0.250. The molecule has 1 aromatic carbocycles. The van der Waals surface area contributed by atoms with Gasteiger partial charge in [0.2, 0.25) is 0 Å². The number of carbonyl (C=O) groups excluding carboxylic acids is 2. The number of esters is 1. The third kappa shape index (κ3) is 4.79. The van der Waals surface area contributed by atoms with Crippen LogP contribution in [0.2, 0.25) is 0 Å². The van der Waals surface area contributed by atoms with Gasteiger partial charge in [0.05, 0.1) is 22.3 Å². The lowest BCUT2D eigenvalue weighted by atomic mass is 10.2. The molecule has 0 bridgehead atoms. The van der Waals surface area contributed by atoms with Crippen molar-refractivity contribution < 1.29 is 14.3 Å². The molecule has 138 valence electrons. The Bertz CT molecular complexity index is 835. The largest absolute Gasteiger partial charge is 0.462 e. The predicted octanol–water partition coefficient (Wildman–Crippen LogP) is 2.30. The van der Waals surface area contributed by atoms with E-state index in [2.05, 4.69) is 37.2 Å². The maximum Gasteiger partial charge on any atom is 0.338 e. The van der Waals surface area contributed by atoms with E-state index in [9.17, 15) is 9.59 Å². The minimum absolute atomic E-state index is 0.192. The zero-order chi connectivity index (χ0) is 19.3. The highest BCUT2D eigenvalue weighted by Gasteiger charge is 2.18. The number of thiocarbonyl (C=S) groups is 1. The van der Waals surface area contributed by atoms with E-state index in [-0.39, 0.29) is 17.0 Å². The van der Waals surface area contributed by atoms with Crippen molar-refractivity contribution in [3.8, 4) is 0 Å². The molecule has 3 N–H and O–H groups in total. The van der Waals surface area contributed by atoms with Gasteiger partial charge in [0, 0.05) is 12.7 Å². The third-order valence-corrected chi connectivity index (χ3v) is 4.46. The van der Waals surface area contributed by atoms with Crippen molar-refractivity contribution in [2.75, 3.05) is 11.9 Å². The lowest BCUT2D eigenvalue weighted by Gasteiger charge is -2.12. The molecule has 1 aromatic heterocycles. The summed E-state index contributed by atoms with van der Waals surface area (Å²) in [6, 6.07) is 6.61. The lowest BCUT2D eigenvalue weighted by Crippen LogP contribution is -2.44. The Hall–Kier alpha value is -2.46. The molecule has 0 spiro atoms.